The Hall–Kier alpha value is -2.12. The zero-order valence-electron chi connectivity index (χ0n) is 9.82. The molecule has 0 heterocycles. The molecule has 0 bridgehead atoms. The van der Waals surface area contributed by atoms with Gasteiger partial charge >= 0.3 is 0 Å². The Morgan fingerprint density at radius 1 is 0.722 bits per heavy atom. The molecule has 0 atom stereocenters. The summed E-state index contributed by atoms with van der Waals surface area (Å²) < 4.78 is 0. The number of rotatable bonds is 3. The van der Waals surface area contributed by atoms with Crippen molar-refractivity contribution in [3.8, 4) is 11.1 Å². The first-order valence-electron chi connectivity index (χ1n) is 5.38. The van der Waals surface area contributed by atoms with Gasteiger partial charge < -0.3 is 0 Å². The van der Waals surface area contributed by atoms with Crippen molar-refractivity contribution in [2.24, 2.45) is 23.4 Å². The van der Waals surface area contributed by atoms with Crippen LogP contribution in [0.2, 0.25) is 0 Å². The number of anilines is 2. The van der Waals surface area contributed by atoms with Crippen molar-refractivity contribution in [1.29, 1.82) is 0 Å². The van der Waals surface area contributed by atoms with Gasteiger partial charge in [-0.05, 0) is 23.8 Å². The lowest BCUT2D eigenvalue weighted by Gasteiger charge is -2.19. The van der Waals surface area contributed by atoms with E-state index in [1.54, 1.807) is 12.1 Å². The van der Waals surface area contributed by atoms with Crippen molar-refractivity contribution in [3.05, 3.63) is 48.5 Å². The van der Waals surface area contributed by atoms with Crippen LogP contribution in [-0.2, 0) is 0 Å². The molecule has 0 aromatic heterocycles. The molecular weight excluding hydrogens is 228 g/mol. The van der Waals surface area contributed by atoms with E-state index in [1.807, 2.05) is 36.4 Å². The summed E-state index contributed by atoms with van der Waals surface area (Å²) in [5.74, 6) is 22.3. The zero-order chi connectivity index (χ0) is 13.1. The van der Waals surface area contributed by atoms with Crippen LogP contribution in [0.1, 0.15) is 0 Å². The minimum atomic E-state index is 0.666. The second-order valence-electron chi connectivity index (χ2n) is 3.88. The van der Waals surface area contributed by atoms with Crippen molar-refractivity contribution >= 4 is 11.4 Å². The fourth-order valence-corrected chi connectivity index (χ4v) is 1.76. The van der Waals surface area contributed by atoms with Crippen LogP contribution in [0.25, 0.3) is 11.1 Å². The molecule has 8 N–H and O–H groups in total. The molecule has 6 heteroatoms. The van der Waals surface area contributed by atoms with Crippen LogP contribution >= 0.6 is 0 Å². The largest absolute Gasteiger partial charge is 0.247 e. The van der Waals surface area contributed by atoms with E-state index in [9.17, 15) is 0 Å². The Morgan fingerprint density at radius 3 is 1.94 bits per heavy atom. The van der Waals surface area contributed by atoms with Crippen molar-refractivity contribution in [1.82, 2.24) is 0 Å². The van der Waals surface area contributed by atoms with Crippen LogP contribution in [0.5, 0.6) is 0 Å². The number of nitrogens with two attached hydrogens (primary N) is 4. The molecular formula is C12H16N6. The molecule has 0 unspecified atom stereocenters. The fourth-order valence-electron chi connectivity index (χ4n) is 1.76. The van der Waals surface area contributed by atoms with E-state index in [4.69, 9.17) is 23.4 Å². The summed E-state index contributed by atoms with van der Waals surface area (Å²) in [7, 11) is 0. The van der Waals surface area contributed by atoms with Gasteiger partial charge in [-0.2, -0.15) is 0 Å². The van der Waals surface area contributed by atoms with Crippen molar-refractivity contribution in [2.45, 2.75) is 0 Å². The highest BCUT2D eigenvalue weighted by atomic mass is 15.6. The molecule has 2 aromatic rings. The molecule has 2 aromatic carbocycles. The molecule has 2 rings (SSSR count). The highest BCUT2D eigenvalue weighted by molar-refractivity contribution is 5.81. The van der Waals surface area contributed by atoms with Gasteiger partial charge in [-0.15, -0.1) is 0 Å². The Balaban J connectivity index is 2.58. The third-order valence-electron chi connectivity index (χ3n) is 2.64. The molecule has 0 aliphatic carbocycles. The summed E-state index contributed by atoms with van der Waals surface area (Å²) >= 11 is 0. The molecule has 0 saturated heterocycles. The minimum absolute atomic E-state index is 0.666. The lowest BCUT2D eigenvalue weighted by Crippen LogP contribution is -2.39. The van der Waals surface area contributed by atoms with E-state index in [-0.39, 0.29) is 0 Å². The smallest absolute Gasteiger partial charge is 0.0776 e. The van der Waals surface area contributed by atoms with Crippen LogP contribution in [0.15, 0.2) is 48.5 Å². The fraction of sp³-hybridized carbons (Fsp3) is 0. The Bertz CT molecular complexity index is 523. The van der Waals surface area contributed by atoms with E-state index in [0.29, 0.717) is 11.4 Å². The molecule has 0 aliphatic heterocycles. The summed E-state index contributed by atoms with van der Waals surface area (Å²) in [5, 5.41) is 2.12. The highest BCUT2D eigenvalue weighted by Crippen LogP contribution is 2.31. The summed E-state index contributed by atoms with van der Waals surface area (Å²) in [5.41, 5.74) is 3.20. The number of benzene rings is 2. The monoisotopic (exact) mass is 244 g/mol. The van der Waals surface area contributed by atoms with Gasteiger partial charge in [0.05, 0.1) is 11.4 Å². The predicted molar refractivity (Wildman–Crippen MR) is 73.6 cm³/mol. The van der Waals surface area contributed by atoms with E-state index in [0.717, 1.165) is 21.4 Å². The number of hydrazine groups is 4. The van der Waals surface area contributed by atoms with Crippen molar-refractivity contribution < 1.29 is 0 Å². The first-order chi connectivity index (χ1) is 8.59. The second kappa shape index (κ2) is 5.03. The molecule has 94 valence electrons. The Labute approximate surface area is 105 Å². The normalized spacial score (nSPS) is 10.2. The quantitative estimate of drug-likeness (QED) is 0.461. The van der Waals surface area contributed by atoms with Gasteiger partial charge in [0.15, 0.2) is 0 Å². The minimum Gasteiger partial charge on any atom is -0.247 e. The lowest BCUT2D eigenvalue weighted by molar-refractivity contribution is 0.913. The summed E-state index contributed by atoms with van der Waals surface area (Å²) in [6, 6.07) is 15.1. The summed E-state index contributed by atoms with van der Waals surface area (Å²) in [4.78, 5) is 0. The predicted octanol–water partition coefficient (Wildman–Crippen LogP) is 0.461. The Morgan fingerprint density at radius 2 is 1.39 bits per heavy atom. The van der Waals surface area contributed by atoms with Gasteiger partial charge in [0.2, 0.25) is 0 Å². The molecule has 18 heavy (non-hydrogen) atoms. The molecule has 0 radical (unpaired) electrons. The maximum atomic E-state index is 5.61. The van der Waals surface area contributed by atoms with Gasteiger partial charge in [-0.25, -0.2) is 33.6 Å². The van der Waals surface area contributed by atoms with E-state index in [2.05, 4.69) is 0 Å². The molecule has 0 amide bonds. The number of hydrogen-bond acceptors (Lipinski definition) is 6. The van der Waals surface area contributed by atoms with Crippen LogP contribution in [0.3, 0.4) is 0 Å². The first-order valence-corrected chi connectivity index (χ1v) is 5.38. The van der Waals surface area contributed by atoms with Crippen molar-refractivity contribution in [2.75, 3.05) is 10.2 Å². The molecule has 0 spiro atoms. The lowest BCUT2D eigenvalue weighted by atomic mass is 10.0. The SMILES string of the molecule is NN(N)c1ccc(N(N)N)c(-c2ccccc2)c1. The standard InChI is InChI=1S/C12H16N6/c13-17(14)10-6-7-12(18(15)16)11(8-10)9-4-2-1-3-5-9/h1-8H,13-16H2. The highest BCUT2D eigenvalue weighted by Gasteiger charge is 2.10. The maximum absolute atomic E-state index is 5.61. The zero-order valence-corrected chi connectivity index (χ0v) is 9.82. The topological polar surface area (TPSA) is 111 Å². The summed E-state index contributed by atoms with van der Waals surface area (Å²) in [6.45, 7) is 0. The molecule has 0 aliphatic rings. The third-order valence-corrected chi connectivity index (χ3v) is 2.64. The van der Waals surface area contributed by atoms with Gasteiger partial charge in [0, 0.05) is 5.56 Å². The summed E-state index contributed by atoms with van der Waals surface area (Å²) in [6.07, 6.45) is 0. The van der Waals surface area contributed by atoms with Crippen LogP contribution in [0, 0.1) is 0 Å². The first kappa shape index (κ1) is 12.3. The second-order valence-corrected chi connectivity index (χ2v) is 3.88. The maximum Gasteiger partial charge on any atom is 0.0776 e. The average Bonchev–Trinajstić information content (AvgIpc) is 2.39. The molecule has 6 nitrogen and oxygen atoms in total. The van der Waals surface area contributed by atoms with E-state index in [1.165, 1.54) is 0 Å². The Kier molecular flexibility index (Phi) is 3.45. The average molecular weight is 244 g/mol. The third kappa shape index (κ3) is 2.41. The van der Waals surface area contributed by atoms with Gasteiger partial charge in [0.1, 0.15) is 0 Å². The molecule has 0 fully saturated rings. The van der Waals surface area contributed by atoms with Crippen LogP contribution < -0.4 is 33.6 Å². The van der Waals surface area contributed by atoms with Crippen LogP contribution in [0.4, 0.5) is 11.4 Å². The van der Waals surface area contributed by atoms with Gasteiger partial charge in [-0.3, -0.25) is 0 Å². The van der Waals surface area contributed by atoms with Crippen molar-refractivity contribution in [3.63, 3.8) is 0 Å². The van der Waals surface area contributed by atoms with E-state index >= 15 is 0 Å². The molecule has 0 saturated carbocycles. The van der Waals surface area contributed by atoms with Gasteiger partial charge in [0.25, 0.3) is 0 Å². The number of hydrogen-bond donors (Lipinski definition) is 4. The van der Waals surface area contributed by atoms with E-state index < -0.39 is 0 Å². The van der Waals surface area contributed by atoms with Gasteiger partial charge in [-0.1, -0.05) is 30.3 Å². The number of nitrogens with zero attached hydrogens (tertiary/aromatic N) is 2. The van der Waals surface area contributed by atoms with Crippen LogP contribution in [-0.4, -0.2) is 0 Å².